The molecule has 32 heavy (non-hydrogen) atoms. The molecular weight excluding hydrogens is 402 g/mol. The summed E-state index contributed by atoms with van der Waals surface area (Å²) in [4.78, 5) is 23.5. The summed E-state index contributed by atoms with van der Waals surface area (Å²) in [5, 5.41) is 16.9. The second-order valence-corrected chi connectivity index (χ2v) is 8.06. The molecule has 2 atom stereocenters. The van der Waals surface area contributed by atoms with Crippen LogP contribution in [0.15, 0.2) is 60.9 Å². The number of rotatable bonds is 6. The maximum atomic E-state index is 12.7. The summed E-state index contributed by atoms with van der Waals surface area (Å²) in [5.41, 5.74) is 4.26. The van der Waals surface area contributed by atoms with E-state index in [9.17, 15) is 4.79 Å². The Morgan fingerprint density at radius 1 is 1.16 bits per heavy atom. The average Bonchev–Trinajstić information content (AvgIpc) is 3.15. The van der Waals surface area contributed by atoms with Gasteiger partial charge in [-0.05, 0) is 37.7 Å². The Labute approximate surface area is 187 Å². The number of urea groups is 1. The molecule has 0 saturated carbocycles. The minimum atomic E-state index is -0.305. The van der Waals surface area contributed by atoms with E-state index in [0.717, 1.165) is 24.5 Å². The number of pyridine rings is 2. The van der Waals surface area contributed by atoms with Crippen LogP contribution in [0.5, 0.6) is 0 Å². The molecule has 1 aliphatic heterocycles. The van der Waals surface area contributed by atoms with Crippen molar-refractivity contribution in [2.24, 2.45) is 0 Å². The lowest BCUT2D eigenvalue weighted by Gasteiger charge is -2.20. The van der Waals surface area contributed by atoms with Crippen LogP contribution >= 0.6 is 0 Å². The summed E-state index contributed by atoms with van der Waals surface area (Å²) in [5.74, 6) is 0.618. The number of carbonyl (C=O) groups excluding carboxylic acids is 1. The van der Waals surface area contributed by atoms with Gasteiger partial charge in [0, 0.05) is 48.4 Å². The molecule has 2 amide bonds. The van der Waals surface area contributed by atoms with Crippen molar-refractivity contribution >= 4 is 29.4 Å². The second-order valence-electron chi connectivity index (χ2n) is 8.06. The highest BCUT2D eigenvalue weighted by atomic mass is 16.2. The molecule has 1 unspecified atom stereocenters. The molecule has 3 heterocycles. The van der Waals surface area contributed by atoms with Gasteiger partial charge in [0.1, 0.15) is 5.82 Å². The maximum Gasteiger partial charge on any atom is 0.320 e. The molecule has 164 valence electrons. The van der Waals surface area contributed by atoms with E-state index in [1.807, 2.05) is 37.3 Å². The van der Waals surface area contributed by atoms with Crippen molar-refractivity contribution in [1.82, 2.24) is 20.2 Å². The molecule has 8 nitrogen and oxygen atoms in total. The Kier molecular flexibility index (Phi) is 6.42. The fourth-order valence-corrected chi connectivity index (χ4v) is 4.05. The van der Waals surface area contributed by atoms with Gasteiger partial charge in [-0.15, -0.1) is 0 Å². The first kappa shape index (κ1) is 21.5. The molecule has 1 fully saturated rings. The smallest absolute Gasteiger partial charge is 0.320 e. The summed E-state index contributed by atoms with van der Waals surface area (Å²) < 4.78 is 0. The van der Waals surface area contributed by atoms with Crippen LogP contribution in [0.25, 0.3) is 0 Å². The van der Waals surface area contributed by atoms with E-state index in [2.05, 4.69) is 50.0 Å². The average molecular weight is 430 g/mol. The van der Waals surface area contributed by atoms with Gasteiger partial charge >= 0.3 is 6.03 Å². The Balaban J connectivity index is 1.43. The molecular formula is C24H27N7O. The SMILES string of the molecule is Cc1cc(Nc2cnc(NC(=O)N[C@@H]3CN(C)CC3c3ccccc3)cc2C=N)ccn1. The first-order chi connectivity index (χ1) is 15.5. The van der Waals surface area contributed by atoms with Crippen LogP contribution in [0.2, 0.25) is 0 Å². The molecule has 1 saturated heterocycles. The Morgan fingerprint density at radius 3 is 2.72 bits per heavy atom. The number of benzene rings is 1. The van der Waals surface area contributed by atoms with Crippen molar-refractivity contribution in [1.29, 1.82) is 5.41 Å². The van der Waals surface area contributed by atoms with Crippen LogP contribution in [0.4, 0.5) is 22.0 Å². The molecule has 4 rings (SSSR count). The number of anilines is 3. The van der Waals surface area contributed by atoms with E-state index in [-0.39, 0.29) is 18.0 Å². The van der Waals surface area contributed by atoms with E-state index in [1.54, 1.807) is 18.5 Å². The highest BCUT2D eigenvalue weighted by Gasteiger charge is 2.33. The topological polar surface area (TPSA) is 106 Å². The lowest BCUT2D eigenvalue weighted by molar-refractivity contribution is 0.247. The molecule has 1 aromatic carbocycles. The molecule has 0 radical (unpaired) electrons. The summed E-state index contributed by atoms with van der Waals surface area (Å²) in [6.07, 6.45) is 4.57. The fourth-order valence-electron chi connectivity index (χ4n) is 4.05. The molecule has 1 aliphatic rings. The first-order valence-electron chi connectivity index (χ1n) is 10.5. The van der Waals surface area contributed by atoms with Crippen LogP contribution in [-0.2, 0) is 0 Å². The van der Waals surface area contributed by atoms with Gasteiger partial charge < -0.3 is 20.9 Å². The van der Waals surface area contributed by atoms with Crippen LogP contribution in [-0.4, -0.2) is 53.3 Å². The Morgan fingerprint density at radius 2 is 1.97 bits per heavy atom. The third-order valence-electron chi connectivity index (χ3n) is 5.56. The lowest BCUT2D eigenvalue weighted by Crippen LogP contribution is -2.42. The quantitative estimate of drug-likeness (QED) is 0.447. The number of nitrogens with zero attached hydrogens (tertiary/aromatic N) is 3. The number of carbonyl (C=O) groups is 1. The Bertz CT molecular complexity index is 1100. The zero-order chi connectivity index (χ0) is 22.5. The monoisotopic (exact) mass is 429 g/mol. The van der Waals surface area contributed by atoms with Crippen molar-refractivity contribution < 1.29 is 4.79 Å². The van der Waals surface area contributed by atoms with E-state index < -0.39 is 0 Å². The largest absolute Gasteiger partial charge is 0.354 e. The number of hydrogen-bond acceptors (Lipinski definition) is 6. The van der Waals surface area contributed by atoms with Gasteiger partial charge in [-0.25, -0.2) is 9.78 Å². The summed E-state index contributed by atoms with van der Waals surface area (Å²) in [6.45, 7) is 3.58. The molecule has 0 spiro atoms. The highest BCUT2D eigenvalue weighted by molar-refractivity contribution is 5.92. The van der Waals surface area contributed by atoms with Gasteiger partial charge in [0.25, 0.3) is 0 Å². The van der Waals surface area contributed by atoms with Gasteiger partial charge in [-0.1, -0.05) is 30.3 Å². The zero-order valence-corrected chi connectivity index (χ0v) is 18.2. The second kappa shape index (κ2) is 9.57. The summed E-state index contributed by atoms with van der Waals surface area (Å²) >= 11 is 0. The number of aromatic nitrogens is 2. The maximum absolute atomic E-state index is 12.7. The Hall–Kier alpha value is -3.78. The van der Waals surface area contributed by atoms with Gasteiger partial charge in [0.05, 0.1) is 17.9 Å². The van der Waals surface area contributed by atoms with Crippen molar-refractivity contribution in [3.05, 3.63) is 77.7 Å². The van der Waals surface area contributed by atoms with Gasteiger partial charge in [-0.2, -0.15) is 0 Å². The number of likely N-dealkylation sites (N-methyl/N-ethyl adjacent to an activating group) is 1. The van der Waals surface area contributed by atoms with E-state index >= 15 is 0 Å². The first-order valence-corrected chi connectivity index (χ1v) is 10.5. The number of nitrogens with one attached hydrogen (secondary N) is 4. The van der Waals surface area contributed by atoms with Gasteiger partial charge in [-0.3, -0.25) is 10.3 Å². The lowest BCUT2D eigenvalue weighted by atomic mass is 9.94. The fraction of sp³-hybridized carbons (Fsp3) is 0.250. The summed E-state index contributed by atoms with van der Waals surface area (Å²) in [7, 11) is 2.06. The molecule has 8 heteroatoms. The molecule has 2 aromatic heterocycles. The molecule has 0 bridgehead atoms. The minimum absolute atomic E-state index is 0.000442. The standard InChI is InChI=1S/C24H27N7O/c1-16-10-19(8-9-26-16)28-21-13-27-23(11-18(21)12-25)30-24(32)29-22-15-31(2)14-20(22)17-6-4-3-5-7-17/h3-13,20,22,25H,14-15H2,1-2H3,(H,26,28)(H2,27,29,30,32)/t20?,22-/m1/s1. The third kappa shape index (κ3) is 5.09. The van der Waals surface area contributed by atoms with E-state index in [0.29, 0.717) is 17.1 Å². The van der Waals surface area contributed by atoms with Gasteiger partial charge in [0.15, 0.2) is 0 Å². The van der Waals surface area contributed by atoms with Crippen LogP contribution < -0.4 is 16.0 Å². The van der Waals surface area contributed by atoms with Crippen LogP contribution in [0.1, 0.15) is 22.7 Å². The normalized spacial score (nSPS) is 18.2. The number of likely N-dealkylation sites (tertiary alicyclic amines) is 1. The van der Waals surface area contributed by atoms with Crippen molar-refractivity contribution in [2.45, 2.75) is 18.9 Å². The van der Waals surface area contributed by atoms with Gasteiger partial charge in [0.2, 0.25) is 0 Å². The predicted octanol–water partition coefficient (Wildman–Crippen LogP) is 3.75. The molecule has 0 aliphatic carbocycles. The van der Waals surface area contributed by atoms with Crippen molar-refractivity contribution in [3.8, 4) is 0 Å². The minimum Gasteiger partial charge on any atom is -0.354 e. The van der Waals surface area contributed by atoms with Crippen LogP contribution in [0, 0.1) is 12.3 Å². The van der Waals surface area contributed by atoms with Crippen molar-refractivity contribution in [2.75, 3.05) is 30.8 Å². The molecule has 3 aromatic rings. The molecule has 4 N–H and O–H groups in total. The van der Waals surface area contributed by atoms with Crippen molar-refractivity contribution in [3.63, 3.8) is 0 Å². The van der Waals surface area contributed by atoms with Crippen LogP contribution in [0.3, 0.4) is 0 Å². The number of amides is 2. The number of aryl methyl sites for hydroxylation is 1. The number of hydrogen-bond donors (Lipinski definition) is 4. The summed E-state index contributed by atoms with van der Waals surface area (Å²) in [6, 6.07) is 15.4. The van der Waals surface area contributed by atoms with E-state index in [1.165, 1.54) is 11.8 Å². The van der Waals surface area contributed by atoms with E-state index in [4.69, 9.17) is 5.41 Å². The third-order valence-corrected chi connectivity index (χ3v) is 5.56. The predicted molar refractivity (Wildman–Crippen MR) is 127 cm³/mol. The highest BCUT2D eigenvalue weighted by Crippen LogP contribution is 2.27. The zero-order valence-electron chi connectivity index (χ0n) is 18.2.